The summed E-state index contributed by atoms with van der Waals surface area (Å²) in [5.74, 6) is 0. The van der Waals surface area contributed by atoms with Gasteiger partial charge in [-0.05, 0) is 32.2 Å². The minimum absolute atomic E-state index is 0.628. The summed E-state index contributed by atoms with van der Waals surface area (Å²) in [6.45, 7) is 2.09. The standard InChI is InChI=1S/C9H16N2O/c12-7-10-6-9-2-1-5-11(9)8-3-4-8/h7-9H,1-6H2,(H,10,12). The summed E-state index contributed by atoms with van der Waals surface area (Å²) in [7, 11) is 0. The van der Waals surface area contributed by atoms with Crippen LogP contribution in [0.5, 0.6) is 0 Å². The molecular formula is C9H16N2O. The van der Waals surface area contributed by atoms with Gasteiger partial charge in [0.1, 0.15) is 0 Å². The first kappa shape index (κ1) is 8.05. The fraction of sp³-hybridized carbons (Fsp3) is 0.889. The molecule has 2 rings (SSSR count). The van der Waals surface area contributed by atoms with Crippen LogP contribution in [0, 0.1) is 0 Å². The van der Waals surface area contributed by atoms with Crippen LogP contribution >= 0.6 is 0 Å². The first-order valence-electron chi connectivity index (χ1n) is 4.84. The third-order valence-electron chi connectivity index (χ3n) is 2.88. The molecule has 1 amide bonds. The molecule has 0 spiro atoms. The van der Waals surface area contributed by atoms with Crippen LogP contribution in [0.3, 0.4) is 0 Å². The van der Waals surface area contributed by atoms with Crippen molar-refractivity contribution in [1.82, 2.24) is 10.2 Å². The molecule has 0 radical (unpaired) electrons. The topological polar surface area (TPSA) is 32.3 Å². The van der Waals surface area contributed by atoms with Gasteiger partial charge in [-0.3, -0.25) is 9.69 Å². The quantitative estimate of drug-likeness (QED) is 0.615. The second-order valence-electron chi connectivity index (χ2n) is 3.79. The summed E-state index contributed by atoms with van der Waals surface area (Å²) in [5.41, 5.74) is 0. The number of rotatable bonds is 4. The molecule has 12 heavy (non-hydrogen) atoms. The van der Waals surface area contributed by atoms with Crippen LogP contribution in [0.4, 0.5) is 0 Å². The monoisotopic (exact) mass is 168 g/mol. The van der Waals surface area contributed by atoms with E-state index in [9.17, 15) is 4.79 Å². The van der Waals surface area contributed by atoms with Gasteiger partial charge in [0.2, 0.25) is 6.41 Å². The molecule has 3 heteroatoms. The third-order valence-corrected chi connectivity index (χ3v) is 2.88. The minimum Gasteiger partial charge on any atom is -0.357 e. The molecule has 1 aliphatic carbocycles. The van der Waals surface area contributed by atoms with Crippen molar-refractivity contribution in [2.24, 2.45) is 0 Å². The fourth-order valence-corrected chi connectivity index (χ4v) is 2.15. The Morgan fingerprint density at radius 1 is 1.42 bits per heavy atom. The number of amides is 1. The van der Waals surface area contributed by atoms with E-state index in [-0.39, 0.29) is 0 Å². The number of nitrogens with zero attached hydrogens (tertiary/aromatic N) is 1. The van der Waals surface area contributed by atoms with E-state index in [0.717, 1.165) is 19.0 Å². The average molecular weight is 168 g/mol. The highest BCUT2D eigenvalue weighted by Crippen LogP contribution is 2.32. The van der Waals surface area contributed by atoms with E-state index >= 15 is 0 Å². The van der Waals surface area contributed by atoms with Gasteiger partial charge in [-0.1, -0.05) is 0 Å². The number of carbonyl (C=O) groups is 1. The first-order chi connectivity index (χ1) is 5.92. The first-order valence-corrected chi connectivity index (χ1v) is 4.84. The van der Waals surface area contributed by atoms with Crippen molar-refractivity contribution in [3.05, 3.63) is 0 Å². The van der Waals surface area contributed by atoms with E-state index in [2.05, 4.69) is 10.2 Å². The van der Waals surface area contributed by atoms with Gasteiger partial charge in [-0.15, -0.1) is 0 Å². The molecule has 0 bridgehead atoms. The SMILES string of the molecule is O=CNCC1CCCN1C1CC1. The maximum Gasteiger partial charge on any atom is 0.207 e. The van der Waals surface area contributed by atoms with Crippen LogP contribution in [0.2, 0.25) is 0 Å². The Hall–Kier alpha value is -0.570. The molecule has 0 aromatic carbocycles. The second-order valence-corrected chi connectivity index (χ2v) is 3.79. The van der Waals surface area contributed by atoms with Gasteiger partial charge in [-0.25, -0.2) is 0 Å². The fourth-order valence-electron chi connectivity index (χ4n) is 2.15. The van der Waals surface area contributed by atoms with Gasteiger partial charge in [0.05, 0.1) is 0 Å². The molecule has 2 aliphatic rings. The van der Waals surface area contributed by atoms with Gasteiger partial charge in [0, 0.05) is 18.6 Å². The smallest absolute Gasteiger partial charge is 0.207 e. The largest absolute Gasteiger partial charge is 0.357 e. The molecule has 0 aromatic heterocycles. The van der Waals surface area contributed by atoms with Crippen LogP contribution in [0.15, 0.2) is 0 Å². The molecule has 68 valence electrons. The minimum atomic E-state index is 0.628. The molecule has 1 saturated heterocycles. The van der Waals surface area contributed by atoms with Crippen molar-refractivity contribution in [1.29, 1.82) is 0 Å². The van der Waals surface area contributed by atoms with Gasteiger partial charge < -0.3 is 5.32 Å². The van der Waals surface area contributed by atoms with Crippen LogP contribution in [-0.4, -0.2) is 36.5 Å². The maximum atomic E-state index is 10.1. The molecule has 2 fully saturated rings. The lowest BCUT2D eigenvalue weighted by atomic mass is 10.2. The van der Waals surface area contributed by atoms with Crippen LogP contribution < -0.4 is 5.32 Å². The summed E-state index contributed by atoms with van der Waals surface area (Å²) in [4.78, 5) is 12.7. The summed E-state index contributed by atoms with van der Waals surface area (Å²) < 4.78 is 0. The Kier molecular flexibility index (Phi) is 2.30. The maximum absolute atomic E-state index is 10.1. The van der Waals surface area contributed by atoms with E-state index < -0.39 is 0 Å². The molecule has 1 aliphatic heterocycles. The van der Waals surface area contributed by atoms with Gasteiger partial charge in [-0.2, -0.15) is 0 Å². The van der Waals surface area contributed by atoms with E-state index in [1.807, 2.05) is 0 Å². The summed E-state index contributed by atoms with van der Waals surface area (Å²) in [6.07, 6.45) is 6.12. The van der Waals surface area contributed by atoms with Crippen LogP contribution in [0.1, 0.15) is 25.7 Å². The van der Waals surface area contributed by atoms with E-state index in [1.165, 1.54) is 32.2 Å². The number of hydrogen-bond acceptors (Lipinski definition) is 2. The average Bonchev–Trinajstić information content (AvgIpc) is 2.83. The van der Waals surface area contributed by atoms with Crippen molar-refractivity contribution >= 4 is 6.41 Å². The summed E-state index contributed by atoms with van der Waals surface area (Å²) in [5, 5.41) is 2.78. The third kappa shape index (κ3) is 1.61. The molecule has 1 N–H and O–H groups in total. The summed E-state index contributed by atoms with van der Waals surface area (Å²) in [6, 6.07) is 1.48. The van der Waals surface area contributed by atoms with Crippen molar-refractivity contribution in [2.75, 3.05) is 13.1 Å². The Balaban J connectivity index is 1.81. The highest BCUT2D eigenvalue weighted by atomic mass is 16.1. The zero-order valence-electron chi connectivity index (χ0n) is 7.33. The number of hydrogen-bond donors (Lipinski definition) is 1. The zero-order valence-corrected chi connectivity index (χ0v) is 7.33. The zero-order chi connectivity index (χ0) is 8.39. The Bertz CT molecular complexity index is 168. The van der Waals surface area contributed by atoms with E-state index in [4.69, 9.17) is 0 Å². The van der Waals surface area contributed by atoms with E-state index in [0.29, 0.717) is 6.04 Å². The lowest BCUT2D eigenvalue weighted by Gasteiger charge is -2.23. The Labute approximate surface area is 73.1 Å². The predicted molar refractivity (Wildman–Crippen MR) is 46.8 cm³/mol. The Morgan fingerprint density at radius 3 is 2.92 bits per heavy atom. The van der Waals surface area contributed by atoms with Gasteiger partial charge >= 0.3 is 0 Å². The predicted octanol–water partition coefficient (Wildman–Crippen LogP) is 0.359. The normalized spacial score (nSPS) is 30.5. The summed E-state index contributed by atoms with van der Waals surface area (Å²) >= 11 is 0. The molecule has 1 atom stereocenters. The number of nitrogens with one attached hydrogen (secondary N) is 1. The lowest BCUT2D eigenvalue weighted by molar-refractivity contribution is -0.109. The highest BCUT2D eigenvalue weighted by Gasteiger charge is 2.36. The van der Waals surface area contributed by atoms with Crippen molar-refractivity contribution in [2.45, 2.75) is 37.8 Å². The number of carbonyl (C=O) groups excluding carboxylic acids is 1. The molecule has 1 saturated carbocycles. The van der Waals surface area contributed by atoms with E-state index in [1.54, 1.807) is 0 Å². The molecule has 3 nitrogen and oxygen atoms in total. The highest BCUT2D eigenvalue weighted by molar-refractivity contribution is 5.45. The molecule has 1 unspecified atom stereocenters. The molecular weight excluding hydrogens is 152 g/mol. The lowest BCUT2D eigenvalue weighted by Crippen LogP contribution is -2.38. The van der Waals surface area contributed by atoms with Gasteiger partial charge in [0.25, 0.3) is 0 Å². The molecule has 1 heterocycles. The second kappa shape index (κ2) is 3.44. The number of likely N-dealkylation sites (tertiary alicyclic amines) is 1. The molecule has 0 aromatic rings. The van der Waals surface area contributed by atoms with Gasteiger partial charge in [0.15, 0.2) is 0 Å². The van der Waals surface area contributed by atoms with Crippen molar-refractivity contribution in [3.8, 4) is 0 Å². The van der Waals surface area contributed by atoms with Crippen LogP contribution in [-0.2, 0) is 4.79 Å². The Morgan fingerprint density at radius 2 is 2.25 bits per heavy atom. The van der Waals surface area contributed by atoms with Crippen molar-refractivity contribution < 1.29 is 4.79 Å². The van der Waals surface area contributed by atoms with Crippen LogP contribution in [0.25, 0.3) is 0 Å². The van der Waals surface area contributed by atoms with Crippen molar-refractivity contribution in [3.63, 3.8) is 0 Å².